The maximum atomic E-state index is 6.21. The van der Waals surface area contributed by atoms with E-state index in [0.29, 0.717) is 5.02 Å². The highest BCUT2D eigenvalue weighted by atomic mass is 35.5. The minimum Gasteiger partial charge on any atom is -0.353 e. The average molecular weight is 305 g/mol. The topological polar surface area (TPSA) is 41.0 Å². The maximum Gasteiger partial charge on any atom is 0.129 e. The third-order valence-electron chi connectivity index (χ3n) is 3.31. The Kier molecular flexibility index (Phi) is 5.96. The molecule has 0 aliphatic rings. The first kappa shape index (κ1) is 15.7. The Morgan fingerprint density at radius 2 is 2.00 bits per heavy atom. The molecule has 2 rings (SSSR count). The van der Waals surface area contributed by atoms with Crippen LogP contribution in [0.4, 0.5) is 5.82 Å². The van der Waals surface area contributed by atoms with Crippen molar-refractivity contribution in [3.63, 3.8) is 0 Å². The number of anilines is 1. The molecule has 112 valence electrons. The molecule has 0 saturated carbocycles. The van der Waals surface area contributed by atoms with Crippen molar-refractivity contribution in [2.75, 3.05) is 18.0 Å². The summed E-state index contributed by atoms with van der Waals surface area (Å²) in [5.74, 6) is 0.951. The number of nitrogens with one attached hydrogen (secondary N) is 1. The van der Waals surface area contributed by atoms with Gasteiger partial charge in [-0.05, 0) is 42.8 Å². The highest BCUT2D eigenvalue weighted by Gasteiger charge is 2.10. The van der Waals surface area contributed by atoms with Crippen molar-refractivity contribution in [3.05, 3.63) is 52.9 Å². The number of nitrogens with zero attached hydrogens (tertiary/aromatic N) is 3. The van der Waals surface area contributed by atoms with Crippen molar-refractivity contribution in [2.24, 2.45) is 0 Å². The van der Waals surface area contributed by atoms with Crippen molar-refractivity contribution in [1.29, 1.82) is 0 Å². The SMILES string of the molecule is CCNCc1cc(N(CC)Cc2ccncc2)ncc1Cl. The van der Waals surface area contributed by atoms with E-state index in [-0.39, 0.29) is 0 Å². The Hall–Kier alpha value is -1.65. The van der Waals surface area contributed by atoms with E-state index >= 15 is 0 Å². The van der Waals surface area contributed by atoms with Gasteiger partial charge in [-0.3, -0.25) is 4.98 Å². The number of pyridine rings is 2. The van der Waals surface area contributed by atoms with Gasteiger partial charge < -0.3 is 10.2 Å². The summed E-state index contributed by atoms with van der Waals surface area (Å²) in [6.07, 6.45) is 5.36. The van der Waals surface area contributed by atoms with Crippen molar-refractivity contribution < 1.29 is 0 Å². The molecule has 0 spiro atoms. The first-order valence-electron chi connectivity index (χ1n) is 7.23. The Morgan fingerprint density at radius 1 is 1.24 bits per heavy atom. The molecule has 4 nitrogen and oxygen atoms in total. The second-order valence-electron chi connectivity index (χ2n) is 4.78. The van der Waals surface area contributed by atoms with E-state index in [9.17, 15) is 0 Å². The largest absolute Gasteiger partial charge is 0.353 e. The van der Waals surface area contributed by atoms with Crippen LogP contribution in [0.2, 0.25) is 5.02 Å². The Morgan fingerprint density at radius 3 is 2.67 bits per heavy atom. The lowest BCUT2D eigenvalue weighted by Crippen LogP contribution is -2.23. The van der Waals surface area contributed by atoms with Crippen molar-refractivity contribution >= 4 is 17.4 Å². The standard InChI is InChI=1S/C16H21ClN4/c1-3-18-10-14-9-16(20-11-15(14)17)21(4-2)12-13-5-7-19-8-6-13/h5-9,11,18H,3-4,10,12H2,1-2H3. The van der Waals surface area contributed by atoms with Gasteiger partial charge in [0.2, 0.25) is 0 Å². The molecule has 0 aliphatic carbocycles. The molecule has 2 aromatic rings. The summed E-state index contributed by atoms with van der Waals surface area (Å²) in [7, 11) is 0. The van der Waals surface area contributed by atoms with Gasteiger partial charge in [-0.15, -0.1) is 0 Å². The highest BCUT2D eigenvalue weighted by molar-refractivity contribution is 6.31. The molecule has 1 N–H and O–H groups in total. The van der Waals surface area contributed by atoms with Crippen molar-refractivity contribution in [3.8, 4) is 0 Å². The zero-order valence-electron chi connectivity index (χ0n) is 12.5. The van der Waals surface area contributed by atoms with E-state index in [0.717, 1.165) is 37.6 Å². The molecule has 2 aromatic heterocycles. The van der Waals surface area contributed by atoms with Crippen LogP contribution >= 0.6 is 11.6 Å². The summed E-state index contributed by atoms with van der Waals surface area (Å²) in [6.45, 7) is 7.59. The van der Waals surface area contributed by atoms with Crippen molar-refractivity contribution in [1.82, 2.24) is 15.3 Å². The lowest BCUT2D eigenvalue weighted by molar-refractivity contribution is 0.724. The fourth-order valence-electron chi connectivity index (χ4n) is 2.10. The second kappa shape index (κ2) is 7.96. The molecule has 0 unspecified atom stereocenters. The third-order valence-corrected chi connectivity index (χ3v) is 3.65. The highest BCUT2D eigenvalue weighted by Crippen LogP contribution is 2.21. The number of hydrogen-bond acceptors (Lipinski definition) is 4. The van der Waals surface area contributed by atoms with Crippen LogP contribution in [0.25, 0.3) is 0 Å². The van der Waals surface area contributed by atoms with Crippen LogP contribution in [-0.2, 0) is 13.1 Å². The van der Waals surface area contributed by atoms with Crippen LogP contribution in [0, 0.1) is 0 Å². The molecule has 0 bridgehead atoms. The van der Waals surface area contributed by atoms with Crippen LogP contribution in [-0.4, -0.2) is 23.1 Å². The van der Waals surface area contributed by atoms with Crippen LogP contribution in [0.5, 0.6) is 0 Å². The third kappa shape index (κ3) is 4.41. The molecule has 0 fully saturated rings. The molecule has 0 saturated heterocycles. The first-order valence-corrected chi connectivity index (χ1v) is 7.61. The predicted octanol–water partition coefficient (Wildman–Crippen LogP) is 3.27. The fourth-order valence-corrected chi connectivity index (χ4v) is 2.27. The molecule has 0 atom stereocenters. The van der Waals surface area contributed by atoms with Gasteiger partial charge in [0.1, 0.15) is 5.82 Å². The molecule has 2 heterocycles. The minimum atomic E-state index is 0.708. The van der Waals surface area contributed by atoms with Gasteiger partial charge in [0.25, 0.3) is 0 Å². The Balaban J connectivity index is 2.17. The summed E-state index contributed by atoms with van der Waals surface area (Å²) in [5.41, 5.74) is 2.30. The lowest BCUT2D eigenvalue weighted by Gasteiger charge is -2.23. The van der Waals surface area contributed by atoms with Gasteiger partial charge in [0.15, 0.2) is 0 Å². The van der Waals surface area contributed by atoms with Gasteiger partial charge >= 0.3 is 0 Å². The average Bonchev–Trinajstić information content (AvgIpc) is 2.53. The van der Waals surface area contributed by atoms with E-state index in [1.165, 1.54) is 5.56 Å². The fraction of sp³-hybridized carbons (Fsp3) is 0.375. The molecule has 0 radical (unpaired) electrons. The molecular formula is C16H21ClN4. The predicted molar refractivity (Wildman–Crippen MR) is 87.6 cm³/mol. The molecule has 0 aliphatic heterocycles. The van der Waals surface area contributed by atoms with Crippen molar-refractivity contribution in [2.45, 2.75) is 26.9 Å². The monoisotopic (exact) mass is 304 g/mol. The number of rotatable bonds is 7. The van der Waals surface area contributed by atoms with Crippen LogP contribution in [0.1, 0.15) is 25.0 Å². The van der Waals surface area contributed by atoms with E-state index in [1.807, 2.05) is 24.5 Å². The minimum absolute atomic E-state index is 0.708. The van der Waals surface area contributed by atoms with E-state index in [2.05, 4.69) is 40.1 Å². The zero-order valence-corrected chi connectivity index (χ0v) is 13.3. The summed E-state index contributed by atoms with van der Waals surface area (Å²) < 4.78 is 0. The van der Waals surface area contributed by atoms with Gasteiger partial charge in [-0.1, -0.05) is 18.5 Å². The van der Waals surface area contributed by atoms with Gasteiger partial charge in [-0.2, -0.15) is 0 Å². The quantitative estimate of drug-likeness (QED) is 0.852. The number of aromatic nitrogens is 2. The molecule has 0 amide bonds. The lowest BCUT2D eigenvalue weighted by atomic mass is 10.2. The van der Waals surface area contributed by atoms with Gasteiger partial charge in [0.05, 0.1) is 5.02 Å². The van der Waals surface area contributed by atoms with E-state index in [1.54, 1.807) is 6.20 Å². The van der Waals surface area contributed by atoms with E-state index < -0.39 is 0 Å². The second-order valence-corrected chi connectivity index (χ2v) is 5.19. The molecular weight excluding hydrogens is 284 g/mol. The first-order chi connectivity index (χ1) is 10.2. The smallest absolute Gasteiger partial charge is 0.129 e. The molecule has 21 heavy (non-hydrogen) atoms. The Labute approximate surface area is 131 Å². The molecule has 5 heteroatoms. The van der Waals surface area contributed by atoms with E-state index in [4.69, 9.17) is 11.6 Å². The molecule has 0 aromatic carbocycles. The maximum absolute atomic E-state index is 6.21. The van der Waals surface area contributed by atoms with Gasteiger partial charge in [-0.25, -0.2) is 4.98 Å². The number of hydrogen-bond donors (Lipinski definition) is 1. The summed E-state index contributed by atoms with van der Waals surface area (Å²) in [4.78, 5) is 10.7. The van der Waals surface area contributed by atoms with Gasteiger partial charge in [0, 0.05) is 38.2 Å². The van der Waals surface area contributed by atoms with Crippen LogP contribution in [0.15, 0.2) is 36.8 Å². The normalized spacial score (nSPS) is 10.6. The zero-order chi connectivity index (χ0) is 15.1. The van der Waals surface area contributed by atoms with Crippen LogP contribution < -0.4 is 10.2 Å². The number of halogens is 1. The summed E-state index contributed by atoms with van der Waals surface area (Å²) >= 11 is 6.21. The summed E-state index contributed by atoms with van der Waals surface area (Å²) in [5, 5.41) is 4.01. The van der Waals surface area contributed by atoms with Crippen LogP contribution in [0.3, 0.4) is 0 Å². The summed E-state index contributed by atoms with van der Waals surface area (Å²) in [6, 6.07) is 6.12. The Bertz CT molecular complexity index is 559.